The third-order valence-corrected chi connectivity index (χ3v) is 8.91. The van der Waals surface area contributed by atoms with E-state index in [0.717, 1.165) is 60.9 Å². The third kappa shape index (κ3) is 5.06. The molecule has 0 fully saturated rings. The van der Waals surface area contributed by atoms with Crippen molar-refractivity contribution in [2.75, 3.05) is 6.54 Å². The SMILES string of the molecule is c1cncc(-c2cccc(C3=NCC(c4ccc(-c5cnc(-c6cccc(-c7cccnc7)n6)s5)cc4)S3)n2)c1. The predicted octanol–water partition coefficient (Wildman–Crippen LogP) is 7.63. The van der Waals surface area contributed by atoms with Crippen molar-refractivity contribution in [1.82, 2.24) is 24.9 Å². The number of hydrogen-bond acceptors (Lipinski definition) is 8. The molecule has 0 radical (unpaired) electrons. The van der Waals surface area contributed by atoms with Crippen LogP contribution in [0.4, 0.5) is 0 Å². The van der Waals surface area contributed by atoms with Crippen molar-refractivity contribution < 1.29 is 0 Å². The molecule has 6 aromatic rings. The molecule has 7 rings (SSSR count). The van der Waals surface area contributed by atoms with Gasteiger partial charge in [-0.15, -0.1) is 11.3 Å². The average molecular weight is 555 g/mol. The van der Waals surface area contributed by atoms with Crippen LogP contribution in [0.1, 0.15) is 16.5 Å². The highest BCUT2D eigenvalue weighted by molar-refractivity contribution is 8.14. The molecule has 6 nitrogen and oxygen atoms in total. The Labute approximate surface area is 240 Å². The van der Waals surface area contributed by atoms with Crippen LogP contribution in [-0.4, -0.2) is 36.5 Å². The summed E-state index contributed by atoms with van der Waals surface area (Å²) in [5.74, 6) is 0. The molecule has 0 saturated carbocycles. The minimum absolute atomic E-state index is 0.268. The molecule has 192 valence electrons. The number of thioether (sulfide) groups is 1. The van der Waals surface area contributed by atoms with Crippen LogP contribution < -0.4 is 0 Å². The molecule has 1 aliphatic heterocycles. The first-order chi connectivity index (χ1) is 19.8. The molecular formula is C32H22N6S2. The van der Waals surface area contributed by atoms with Crippen LogP contribution in [0.15, 0.2) is 121 Å². The quantitative estimate of drug-likeness (QED) is 0.211. The van der Waals surface area contributed by atoms with E-state index in [1.807, 2.05) is 79.3 Å². The Hall–Kier alpha value is -4.53. The van der Waals surface area contributed by atoms with Crippen molar-refractivity contribution in [3.05, 3.63) is 127 Å². The monoisotopic (exact) mass is 554 g/mol. The van der Waals surface area contributed by atoms with Crippen molar-refractivity contribution in [3.63, 3.8) is 0 Å². The fourth-order valence-corrected chi connectivity index (χ4v) is 6.52. The van der Waals surface area contributed by atoms with Gasteiger partial charge in [0.2, 0.25) is 0 Å². The second kappa shape index (κ2) is 10.9. The summed E-state index contributed by atoms with van der Waals surface area (Å²) < 4.78 is 0. The largest absolute Gasteiger partial charge is 0.275 e. The minimum atomic E-state index is 0.268. The highest BCUT2D eigenvalue weighted by atomic mass is 32.2. The van der Waals surface area contributed by atoms with E-state index in [2.05, 4.69) is 39.2 Å². The van der Waals surface area contributed by atoms with E-state index in [1.165, 1.54) is 5.56 Å². The maximum Gasteiger partial charge on any atom is 0.142 e. The lowest BCUT2D eigenvalue weighted by Gasteiger charge is -2.10. The van der Waals surface area contributed by atoms with Crippen LogP contribution in [-0.2, 0) is 0 Å². The number of hydrogen-bond donors (Lipinski definition) is 0. The Bertz CT molecular complexity index is 1800. The van der Waals surface area contributed by atoms with Crippen molar-refractivity contribution in [1.29, 1.82) is 0 Å². The maximum absolute atomic E-state index is 4.85. The topological polar surface area (TPSA) is 76.8 Å². The fourth-order valence-electron chi connectivity index (χ4n) is 4.54. The van der Waals surface area contributed by atoms with Crippen LogP contribution in [0.25, 0.3) is 43.7 Å². The van der Waals surface area contributed by atoms with Crippen molar-refractivity contribution in [2.24, 2.45) is 4.99 Å². The number of pyridine rings is 4. The van der Waals surface area contributed by atoms with Crippen LogP contribution >= 0.6 is 23.1 Å². The molecule has 0 amide bonds. The molecule has 0 N–H and O–H groups in total. The standard InChI is InChI=1S/C32H22N6S2/c1-7-25(23-5-3-15-33-17-23)37-27(9-1)31-35-19-29(39-31)21-11-13-22(14-12-21)30-20-36-32(40-30)28-10-2-8-26(38-28)24-6-4-16-34-18-24/h1-19,30H,20H2. The van der Waals surface area contributed by atoms with E-state index >= 15 is 0 Å². The molecule has 0 aliphatic carbocycles. The Morgan fingerprint density at radius 2 is 1.25 bits per heavy atom. The average Bonchev–Trinajstić information content (AvgIpc) is 3.74. The van der Waals surface area contributed by atoms with Gasteiger partial charge >= 0.3 is 0 Å². The lowest BCUT2D eigenvalue weighted by Crippen LogP contribution is -1.99. The number of aromatic nitrogens is 5. The second-order valence-electron chi connectivity index (χ2n) is 9.20. The zero-order chi connectivity index (χ0) is 26.7. The first-order valence-electron chi connectivity index (χ1n) is 12.8. The van der Waals surface area contributed by atoms with Crippen LogP contribution in [0.3, 0.4) is 0 Å². The molecule has 0 bridgehead atoms. The number of thiazole rings is 1. The Morgan fingerprint density at radius 1 is 0.600 bits per heavy atom. The number of nitrogens with zero attached hydrogens (tertiary/aromatic N) is 6. The number of benzene rings is 1. The van der Waals surface area contributed by atoms with Gasteiger partial charge in [-0.05, 0) is 59.7 Å². The summed E-state index contributed by atoms with van der Waals surface area (Å²) in [4.78, 5) is 28.7. The highest BCUT2D eigenvalue weighted by Gasteiger charge is 2.23. The summed E-state index contributed by atoms with van der Waals surface area (Å²) >= 11 is 3.42. The van der Waals surface area contributed by atoms with E-state index in [0.29, 0.717) is 0 Å². The van der Waals surface area contributed by atoms with Crippen LogP contribution in [0.5, 0.6) is 0 Å². The van der Waals surface area contributed by atoms with Crippen LogP contribution in [0, 0.1) is 0 Å². The van der Waals surface area contributed by atoms with Crippen molar-refractivity contribution in [3.8, 4) is 43.7 Å². The van der Waals surface area contributed by atoms with Gasteiger partial charge in [-0.3, -0.25) is 15.0 Å². The molecule has 0 spiro atoms. The Kier molecular flexibility index (Phi) is 6.69. The van der Waals surface area contributed by atoms with Crippen molar-refractivity contribution in [2.45, 2.75) is 5.25 Å². The third-order valence-electron chi connectivity index (χ3n) is 6.58. The summed E-state index contributed by atoms with van der Waals surface area (Å²) in [7, 11) is 0. The minimum Gasteiger partial charge on any atom is -0.275 e. The summed E-state index contributed by atoms with van der Waals surface area (Å²) in [5, 5.41) is 2.15. The molecule has 40 heavy (non-hydrogen) atoms. The van der Waals surface area contributed by atoms with E-state index in [9.17, 15) is 0 Å². The first-order valence-corrected chi connectivity index (χ1v) is 14.5. The number of rotatable bonds is 6. The molecule has 1 unspecified atom stereocenters. The fraction of sp³-hybridized carbons (Fsp3) is 0.0625. The molecule has 0 saturated heterocycles. The highest BCUT2D eigenvalue weighted by Crippen LogP contribution is 2.39. The molecule has 5 aromatic heterocycles. The van der Waals surface area contributed by atoms with Gasteiger partial charge in [-0.1, -0.05) is 48.2 Å². The van der Waals surface area contributed by atoms with E-state index in [-0.39, 0.29) is 5.25 Å². The zero-order valence-electron chi connectivity index (χ0n) is 21.3. The molecular weight excluding hydrogens is 533 g/mol. The summed E-state index contributed by atoms with van der Waals surface area (Å²) in [6.07, 6.45) is 9.13. The zero-order valence-corrected chi connectivity index (χ0v) is 22.9. The van der Waals surface area contributed by atoms with Crippen molar-refractivity contribution >= 4 is 28.1 Å². The predicted molar refractivity (Wildman–Crippen MR) is 163 cm³/mol. The van der Waals surface area contributed by atoms with Crippen LogP contribution in [0.2, 0.25) is 0 Å². The molecule has 1 atom stereocenters. The Balaban J connectivity index is 1.05. The van der Waals surface area contributed by atoms with Gasteiger partial charge < -0.3 is 0 Å². The Morgan fingerprint density at radius 3 is 1.93 bits per heavy atom. The summed E-state index contributed by atoms with van der Waals surface area (Å²) in [5.41, 5.74) is 7.96. The smallest absolute Gasteiger partial charge is 0.142 e. The van der Waals surface area contributed by atoms with E-state index < -0.39 is 0 Å². The first kappa shape index (κ1) is 24.5. The lowest BCUT2D eigenvalue weighted by molar-refractivity contribution is 0.966. The van der Waals surface area contributed by atoms with Gasteiger partial charge in [0.1, 0.15) is 10.1 Å². The van der Waals surface area contributed by atoms with E-state index in [4.69, 9.17) is 15.0 Å². The second-order valence-corrected chi connectivity index (χ2v) is 11.4. The maximum atomic E-state index is 4.85. The van der Waals surface area contributed by atoms with Gasteiger partial charge in [-0.2, -0.15) is 0 Å². The van der Waals surface area contributed by atoms with Gasteiger partial charge in [0, 0.05) is 42.1 Å². The van der Waals surface area contributed by atoms with Gasteiger partial charge in [-0.25, -0.2) is 15.0 Å². The molecule has 1 aromatic carbocycles. The summed E-state index contributed by atoms with van der Waals surface area (Å²) in [6, 6.07) is 28.7. The molecule has 1 aliphatic rings. The normalized spacial score (nSPS) is 14.7. The molecule has 6 heterocycles. The van der Waals surface area contributed by atoms with E-state index in [1.54, 1.807) is 35.5 Å². The summed E-state index contributed by atoms with van der Waals surface area (Å²) in [6.45, 7) is 0.738. The van der Waals surface area contributed by atoms with Gasteiger partial charge in [0.25, 0.3) is 0 Å². The van der Waals surface area contributed by atoms with Gasteiger partial charge in [0.15, 0.2) is 0 Å². The van der Waals surface area contributed by atoms with Gasteiger partial charge in [0.05, 0.1) is 39.4 Å². The lowest BCUT2D eigenvalue weighted by atomic mass is 10.1. The number of aliphatic imine (C=N–C) groups is 1. The molecule has 8 heteroatoms.